The molecule has 2 aromatic rings. The number of rotatable bonds is 4. The van der Waals surface area contributed by atoms with Crippen LogP contribution in [0.25, 0.3) is 11.8 Å². The lowest BCUT2D eigenvalue weighted by atomic mass is 10.1. The van der Waals surface area contributed by atoms with E-state index in [0.29, 0.717) is 0 Å². The lowest BCUT2D eigenvalue weighted by Gasteiger charge is -2.10. The number of aromatic nitrogens is 2. The van der Waals surface area contributed by atoms with Gasteiger partial charge in [0.15, 0.2) is 0 Å². The fraction of sp³-hybridized carbons (Fsp3) is 0.294. The molecule has 2 rings (SSSR count). The Bertz CT molecular complexity index is 712. The number of aliphatic carboxylic acids is 1. The number of carboxylic acids is 1. The van der Waals surface area contributed by atoms with Gasteiger partial charge in [-0.05, 0) is 51.0 Å². The average Bonchev–Trinajstić information content (AvgIpc) is 2.71. The smallest absolute Gasteiger partial charge is 0.328 e. The zero-order valence-electron chi connectivity index (χ0n) is 12.8. The maximum Gasteiger partial charge on any atom is 0.328 e. The van der Waals surface area contributed by atoms with Gasteiger partial charge in [0, 0.05) is 17.3 Å². The van der Waals surface area contributed by atoms with Crippen LogP contribution in [0.15, 0.2) is 24.3 Å². The van der Waals surface area contributed by atoms with Crippen molar-refractivity contribution in [3.05, 3.63) is 52.4 Å². The monoisotopic (exact) mass is 284 g/mol. The van der Waals surface area contributed by atoms with E-state index in [1.165, 1.54) is 5.56 Å². The summed E-state index contributed by atoms with van der Waals surface area (Å²) in [5, 5.41) is 13.4. The topological polar surface area (TPSA) is 55.1 Å². The molecule has 0 aliphatic rings. The summed E-state index contributed by atoms with van der Waals surface area (Å²) in [6.07, 6.45) is 3.71. The van der Waals surface area contributed by atoms with Gasteiger partial charge in [0.1, 0.15) is 0 Å². The van der Waals surface area contributed by atoms with Gasteiger partial charge in [-0.15, -0.1) is 0 Å². The normalized spacial score (nSPS) is 11.2. The van der Waals surface area contributed by atoms with Crippen molar-refractivity contribution in [2.24, 2.45) is 0 Å². The van der Waals surface area contributed by atoms with Crippen LogP contribution in [0.1, 0.15) is 35.0 Å². The fourth-order valence-corrected chi connectivity index (χ4v) is 2.58. The molecule has 0 aliphatic carbocycles. The quantitative estimate of drug-likeness (QED) is 0.875. The van der Waals surface area contributed by atoms with Crippen LogP contribution in [-0.4, -0.2) is 20.9 Å². The first-order valence-electron chi connectivity index (χ1n) is 7.01. The van der Waals surface area contributed by atoms with E-state index in [0.717, 1.165) is 40.7 Å². The molecule has 1 aromatic heterocycles. The predicted molar refractivity (Wildman–Crippen MR) is 83.8 cm³/mol. The van der Waals surface area contributed by atoms with Crippen molar-refractivity contribution in [1.29, 1.82) is 0 Å². The molecule has 4 heteroatoms. The standard InChI is InChI=1S/C17H20N2O2/c1-5-15-12(3)18-19(13(15)4)16-8-6-11(2)10-14(16)7-9-17(20)21/h6-10H,5H2,1-4H3,(H,20,21)/b9-7+. The first-order valence-corrected chi connectivity index (χ1v) is 7.01. The van der Waals surface area contributed by atoms with Crippen LogP contribution in [0.4, 0.5) is 0 Å². The minimum Gasteiger partial charge on any atom is -0.478 e. The van der Waals surface area contributed by atoms with Crippen molar-refractivity contribution < 1.29 is 9.90 Å². The molecule has 4 nitrogen and oxygen atoms in total. The lowest BCUT2D eigenvalue weighted by molar-refractivity contribution is -0.131. The number of carbonyl (C=O) groups is 1. The third-order valence-electron chi connectivity index (χ3n) is 3.61. The Labute approximate surface area is 124 Å². The largest absolute Gasteiger partial charge is 0.478 e. The highest BCUT2D eigenvalue weighted by Gasteiger charge is 2.13. The van der Waals surface area contributed by atoms with Crippen molar-refractivity contribution in [2.45, 2.75) is 34.1 Å². The molecule has 0 saturated carbocycles. The van der Waals surface area contributed by atoms with Gasteiger partial charge in [0.05, 0.1) is 11.4 Å². The van der Waals surface area contributed by atoms with E-state index in [1.807, 2.05) is 43.7 Å². The highest BCUT2D eigenvalue weighted by atomic mass is 16.4. The second kappa shape index (κ2) is 5.95. The van der Waals surface area contributed by atoms with E-state index in [-0.39, 0.29) is 0 Å². The zero-order chi connectivity index (χ0) is 15.6. The number of carboxylic acid groups (broad SMARTS) is 1. The Morgan fingerprint density at radius 2 is 2.05 bits per heavy atom. The van der Waals surface area contributed by atoms with E-state index in [9.17, 15) is 4.79 Å². The van der Waals surface area contributed by atoms with Gasteiger partial charge in [0.25, 0.3) is 0 Å². The minimum atomic E-state index is -0.954. The number of hydrogen-bond acceptors (Lipinski definition) is 2. The van der Waals surface area contributed by atoms with Gasteiger partial charge in [-0.2, -0.15) is 5.10 Å². The Kier molecular flexibility index (Phi) is 4.26. The molecule has 0 fully saturated rings. The van der Waals surface area contributed by atoms with E-state index in [4.69, 9.17) is 5.11 Å². The van der Waals surface area contributed by atoms with Crippen molar-refractivity contribution in [3.8, 4) is 5.69 Å². The molecule has 21 heavy (non-hydrogen) atoms. The van der Waals surface area contributed by atoms with E-state index in [2.05, 4.69) is 12.0 Å². The maximum atomic E-state index is 10.8. The van der Waals surface area contributed by atoms with Crippen LogP contribution in [0, 0.1) is 20.8 Å². The summed E-state index contributed by atoms with van der Waals surface area (Å²) in [7, 11) is 0. The third kappa shape index (κ3) is 3.05. The molecule has 0 saturated heterocycles. The molecule has 0 radical (unpaired) electrons. The van der Waals surface area contributed by atoms with Gasteiger partial charge in [-0.3, -0.25) is 0 Å². The zero-order valence-corrected chi connectivity index (χ0v) is 12.8. The molecule has 1 aromatic carbocycles. The molecular weight excluding hydrogens is 264 g/mol. The van der Waals surface area contributed by atoms with Gasteiger partial charge < -0.3 is 5.11 Å². The first-order chi connectivity index (χ1) is 9.93. The summed E-state index contributed by atoms with van der Waals surface area (Å²) >= 11 is 0. The summed E-state index contributed by atoms with van der Waals surface area (Å²) < 4.78 is 1.90. The van der Waals surface area contributed by atoms with Crippen LogP contribution in [-0.2, 0) is 11.2 Å². The number of aryl methyl sites for hydroxylation is 2. The number of nitrogens with zero attached hydrogens (tertiary/aromatic N) is 2. The maximum absolute atomic E-state index is 10.8. The molecule has 0 unspecified atom stereocenters. The van der Waals surface area contributed by atoms with E-state index >= 15 is 0 Å². The molecule has 0 atom stereocenters. The summed E-state index contributed by atoms with van der Waals surface area (Å²) in [4.78, 5) is 10.8. The minimum absolute atomic E-state index is 0.852. The SMILES string of the molecule is CCc1c(C)nn(-c2ccc(C)cc2/C=C/C(=O)O)c1C. The number of benzene rings is 1. The molecule has 110 valence electrons. The summed E-state index contributed by atoms with van der Waals surface area (Å²) in [6, 6.07) is 5.96. The van der Waals surface area contributed by atoms with Gasteiger partial charge in [0.2, 0.25) is 0 Å². The molecular formula is C17H20N2O2. The molecule has 1 N–H and O–H groups in total. The number of hydrogen-bond donors (Lipinski definition) is 1. The van der Waals surface area contributed by atoms with Crippen LogP contribution in [0.5, 0.6) is 0 Å². The van der Waals surface area contributed by atoms with Crippen LogP contribution in [0.2, 0.25) is 0 Å². The Balaban J connectivity index is 2.61. The van der Waals surface area contributed by atoms with Crippen molar-refractivity contribution in [2.75, 3.05) is 0 Å². The molecule has 1 heterocycles. The van der Waals surface area contributed by atoms with Crippen molar-refractivity contribution in [1.82, 2.24) is 9.78 Å². The Morgan fingerprint density at radius 3 is 2.62 bits per heavy atom. The molecule has 0 spiro atoms. The summed E-state index contributed by atoms with van der Waals surface area (Å²) in [5.74, 6) is -0.954. The van der Waals surface area contributed by atoms with E-state index in [1.54, 1.807) is 6.08 Å². The van der Waals surface area contributed by atoms with Gasteiger partial charge in [-0.1, -0.05) is 18.6 Å². The second-order valence-corrected chi connectivity index (χ2v) is 5.15. The highest BCUT2D eigenvalue weighted by Crippen LogP contribution is 2.23. The van der Waals surface area contributed by atoms with Gasteiger partial charge in [-0.25, -0.2) is 9.48 Å². The van der Waals surface area contributed by atoms with Crippen molar-refractivity contribution in [3.63, 3.8) is 0 Å². The summed E-state index contributed by atoms with van der Waals surface area (Å²) in [6.45, 7) is 8.15. The Hall–Kier alpha value is -2.36. The Morgan fingerprint density at radius 1 is 1.33 bits per heavy atom. The molecule has 0 aliphatic heterocycles. The highest BCUT2D eigenvalue weighted by molar-refractivity contribution is 5.86. The third-order valence-corrected chi connectivity index (χ3v) is 3.61. The van der Waals surface area contributed by atoms with Gasteiger partial charge >= 0.3 is 5.97 Å². The summed E-state index contributed by atoms with van der Waals surface area (Å²) in [5.41, 5.74) is 6.20. The molecule has 0 amide bonds. The van der Waals surface area contributed by atoms with E-state index < -0.39 is 5.97 Å². The lowest BCUT2D eigenvalue weighted by Crippen LogP contribution is -2.02. The second-order valence-electron chi connectivity index (χ2n) is 5.15. The fourth-order valence-electron chi connectivity index (χ4n) is 2.58. The van der Waals surface area contributed by atoms with Crippen molar-refractivity contribution >= 4 is 12.0 Å². The van der Waals surface area contributed by atoms with Crippen LogP contribution >= 0.6 is 0 Å². The first kappa shape index (κ1) is 15.0. The average molecular weight is 284 g/mol. The van der Waals surface area contributed by atoms with Crippen LogP contribution < -0.4 is 0 Å². The predicted octanol–water partition coefficient (Wildman–Crippen LogP) is 3.46. The van der Waals surface area contributed by atoms with Crippen LogP contribution in [0.3, 0.4) is 0 Å². The molecule has 0 bridgehead atoms.